The number of para-hydroxylation sites is 1. The summed E-state index contributed by atoms with van der Waals surface area (Å²) in [4.78, 5) is 2.45. The molecule has 0 fully saturated rings. The minimum atomic E-state index is -0.478. The van der Waals surface area contributed by atoms with Gasteiger partial charge in [0.25, 0.3) is 0 Å². The van der Waals surface area contributed by atoms with Gasteiger partial charge in [0.1, 0.15) is 0 Å². The fraction of sp³-hybridized carbons (Fsp3) is 0.0690. The van der Waals surface area contributed by atoms with Gasteiger partial charge in [-0.15, -0.1) is 0 Å². The highest BCUT2D eigenvalue weighted by Crippen LogP contribution is 2.58. The number of nitrogens with zero attached hydrogens (tertiary/aromatic N) is 1. The number of hydrogen-bond acceptors (Lipinski definition) is 1. The van der Waals surface area contributed by atoms with Crippen LogP contribution in [0.25, 0.3) is 44.5 Å². The molecule has 0 saturated heterocycles. The Morgan fingerprint density at radius 2 is 0.695 bits per heavy atom. The predicted molar refractivity (Wildman–Crippen MR) is 247 cm³/mol. The van der Waals surface area contributed by atoms with Crippen molar-refractivity contribution < 1.29 is 0 Å². The van der Waals surface area contributed by atoms with Crippen LogP contribution in [-0.4, -0.2) is 0 Å². The normalized spacial score (nSPS) is 13.9. The van der Waals surface area contributed by atoms with E-state index in [0.29, 0.717) is 0 Å². The average molecular weight is 754 g/mol. The number of hydrogen-bond donors (Lipinski definition) is 0. The molecular formula is C58H43N. The van der Waals surface area contributed by atoms with Crippen molar-refractivity contribution in [2.24, 2.45) is 0 Å². The summed E-state index contributed by atoms with van der Waals surface area (Å²) in [6.07, 6.45) is 0. The summed E-state index contributed by atoms with van der Waals surface area (Å²) < 4.78 is 0. The van der Waals surface area contributed by atoms with E-state index in [1.807, 2.05) is 0 Å². The lowest BCUT2D eigenvalue weighted by Crippen LogP contribution is -2.28. The van der Waals surface area contributed by atoms with Crippen molar-refractivity contribution in [2.75, 3.05) is 4.90 Å². The molecule has 0 atom stereocenters. The molecule has 1 nitrogen and oxygen atoms in total. The van der Waals surface area contributed by atoms with E-state index in [1.165, 1.54) is 77.9 Å². The first kappa shape index (κ1) is 35.0. The van der Waals surface area contributed by atoms with Crippen LogP contribution in [0, 0.1) is 0 Å². The maximum Gasteiger partial charge on any atom is 0.0714 e. The Kier molecular flexibility index (Phi) is 8.13. The van der Waals surface area contributed by atoms with Crippen LogP contribution in [0.5, 0.6) is 0 Å². The second-order valence-corrected chi connectivity index (χ2v) is 16.5. The third kappa shape index (κ3) is 5.46. The van der Waals surface area contributed by atoms with Crippen molar-refractivity contribution in [3.05, 3.63) is 258 Å². The van der Waals surface area contributed by atoms with Gasteiger partial charge in [-0.05, 0) is 120 Å². The van der Waals surface area contributed by atoms with Crippen LogP contribution < -0.4 is 4.90 Å². The van der Waals surface area contributed by atoms with Crippen molar-refractivity contribution in [3.63, 3.8) is 0 Å². The largest absolute Gasteiger partial charge is 0.310 e. The molecule has 9 aromatic carbocycles. The highest BCUT2D eigenvalue weighted by molar-refractivity contribution is 5.91. The van der Waals surface area contributed by atoms with Crippen LogP contribution in [0.2, 0.25) is 0 Å². The van der Waals surface area contributed by atoms with Gasteiger partial charge in [0.05, 0.1) is 5.41 Å². The lowest BCUT2D eigenvalue weighted by molar-refractivity contribution is 0.660. The van der Waals surface area contributed by atoms with Crippen molar-refractivity contribution in [1.82, 2.24) is 0 Å². The topological polar surface area (TPSA) is 3.24 Å². The fourth-order valence-electron chi connectivity index (χ4n) is 10.1. The zero-order chi connectivity index (χ0) is 39.6. The summed E-state index contributed by atoms with van der Waals surface area (Å²) in [5.74, 6) is 0. The average Bonchev–Trinajstić information content (AvgIpc) is 3.72. The monoisotopic (exact) mass is 753 g/mol. The van der Waals surface area contributed by atoms with Gasteiger partial charge in [-0.3, -0.25) is 0 Å². The lowest BCUT2D eigenvalue weighted by atomic mass is 9.67. The van der Waals surface area contributed by atoms with E-state index in [2.05, 4.69) is 243 Å². The third-order valence-corrected chi connectivity index (χ3v) is 13.0. The molecule has 0 aromatic heterocycles. The quantitative estimate of drug-likeness (QED) is 0.157. The molecule has 0 saturated carbocycles. The summed E-state index contributed by atoms with van der Waals surface area (Å²) in [6.45, 7) is 4.77. The van der Waals surface area contributed by atoms with Crippen molar-refractivity contribution in [2.45, 2.75) is 24.7 Å². The van der Waals surface area contributed by atoms with Crippen LogP contribution in [0.15, 0.2) is 224 Å². The third-order valence-electron chi connectivity index (χ3n) is 13.0. The van der Waals surface area contributed by atoms with E-state index in [9.17, 15) is 0 Å². The molecule has 0 N–H and O–H groups in total. The van der Waals surface area contributed by atoms with Crippen LogP contribution in [-0.2, 0) is 10.8 Å². The summed E-state index contributed by atoms with van der Waals surface area (Å²) in [6, 6.07) is 82.9. The molecule has 0 bridgehead atoms. The van der Waals surface area contributed by atoms with Crippen molar-refractivity contribution in [1.29, 1.82) is 0 Å². The maximum atomic E-state index is 2.46. The number of benzene rings is 9. The Bertz CT molecular complexity index is 2940. The van der Waals surface area contributed by atoms with Crippen LogP contribution in [0.3, 0.4) is 0 Å². The minimum absolute atomic E-state index is 0.196. The second-order valence-electron chi connectivity index (χ2n) is 16.5. The summed E-state index contributed by atoms with van der Waals surface area (Å²) in [5.41, 5.74) is 20.7. The summed E-state index contributed by atoms with van der Waals surface area (Å²) in [5, 5.41) is 0. The molecule has 9 aromatic rings. The maximum absolute atomic E-state index is 2.46. The summed E-state index contributed by atoms with van der Waals surface area (Å²) >= 11 is 0. The molecular weight excluding hydrogens is 711 g/mol. The molecule has 2 aliphatic carbocycles. The first-order valence-electron chi connectivity index (χ1n) is 20.7. The Morgan fingerprint density at radius 1 is 0.288 bits per heavy atom. The summed E-state index contributed by atoms with van der Waals surface area (Å²) in [7, 11) is 0. The highest BCUT2D eigenvalue weighted by Gasteiger charge is 2.46. The molecule has 1 heteroatoms. The molecule has 11 rings (SSSR count). The first-order valence-corrected chi connectivity index (χ1v) is 20.7. The van der Waals surface area contributed by atoms with Gasteiger partial charge in [0.15, 0.2) is 0 Å². The zero-order valence-electron chi connectivity index (χ0n) is 33.3. The van der Waals surface area contributed by atoms with Gasteiger partial charge >= 0.3 is 0 Å². The van der Waals surface area contributed by atoms with E-state index < -0.39 is 5.41 Å². The molecule has 0 spiro atoms. The van der Waals surface area contributed by atoms with Gasteiger partial charge in [0, 0.05) is 22.5 Å². The molecule has 0 unspecified atom stereocenters. The van der Waals surface area contributed by atoms with E-state index in [4.69, 9.17) is 0 Å². The van der Waals surface area contributed by atoms with Gasteiger partial charge in [-0.2, -0.15) is 0 Å². The van der Waals surface area contributed by atoms with Crippen molar-refractivity contribution in [3.8, 4) is 44.5 Å². The van der Waals surface area contributed by atoms with E-state index in [0.717, 1.165) is 17.1 Å². The van der Waals surface area contributed by atoms with Crippen LogP contribution in [0.4, 0.5) is 17.1 Å². The Balaban J connectivity index is 1.04. The lowest BCUT2D eigenvalue weighted by Gasteiger charge is -2.35. The Hall–Kier alpha value is -7.22. The van der Waals surface area contributed by atoms with Gasteiger partial charge in [-0.25, -0.2) is 0 Å². The number of anilines is 3. The van der Waals surface area contributed by atoms with E-state index in [1.54, 1.807) is 0 Å². The smallest absolute Gasteiger partial charge is 0.0714 e. The molecule has 2 aliphatic rings. The van der Waals surface area contributed by atoms with Gasteiger partial charge < -0.3 is 4.90 Å². The fourth-order valence-corrected chi connectivity index (χ4v) is 10.1. The van der Waals surface area contributed by atoms with Crippen LogP contribution >= 0.6 is 0 Å². The SMILES string of the molecule is CC1(C)c2cc(-c3ccc(-c4ccccc4)cc3)ccc2-c2ccc(N(c3ccccc3)c3ccc4c(c3)C(c3ccccc3)(c3ccccc3)c3ccccc3-4)cc21. The van der Waals surface area contributed by atoms with Gasteiger partial charge in [0.2, 0.25) is 0 Å². The van der Waals surface area contributed by atoms with E-state index >= 15 is 0 Å². The first-order chi connectivity index (χ1) is 29.0. The number of rotatable bonds is 7. The molecule has 59 heavy (non-hydrogen) atoms. The predicted octanol–water partition coefficient (Wildman–Crippen LogP) is 15.2. The Morgan fingerprint density at radius 3 is 1.31 bits per heavy atom. The molecule has 0 amide bonds. The number of fused-ring (bicyclic) bond motifs is 6. The second kappa shape index (κ2) is 13.7. The van der Waals surface area contributed by atoms with Gasteiger partial charge in [-0.1, -0.05) is 196 Å². The van der Waals surface area contributed by atoms with Crippen LogP contribution in [0.1, 0.15) is 47.2 Å². The molecule has 0 aliphatic heterocycles. The highest BCUT2D eigenvalue weighted by atomic mass is 15.1. The molecule has 280 valence electrons. The molecule has 0 heterocycles. The van der Waals surface area contributed by atoms with E-state index in [-0.39, 0.29) is 5.41 Å². The van der Waals surface area contributed by atoms with Crippen molar-refractivity contribution >= 4 is 17.1 Å². The zero-order valence-corrected chi connectivity index (χ0v) is 33.3. The molecule has 0 radical (unpaired) electrons. The minimum Gasteiger partial charge on any atom is -0.310 e. The standard InChI is InChI=1S/C58H43N/c1-57(2)54-37-43(42-29-27-41(28-30-42)40-17-7-3-8-18-40)31-34-50(54)51-35-32-47(38-55(51)57)59(46-23-13-6-14-24-46)48-33-36-52-49-25-15-16-26-53(49)58(56(52)39-48,44-19-9-4-10-20-44)45-21-11-5-12-22-45/h3-39H,1-2H3. The Labute approximate surface area is 347 Å².